The monoisotopic (exact) mass is 295 g/mol. The SMILES string of the molecule is CN(C)C(=O)NCC1CN(c2ccc(F)cc2)C(=O)CO1. The third-order valence-electron chi connectivity index (χ3n) is 3.16. The lowest BCUT2D eigenvalue weighted by Gasteiger charge is -2.33. The van der Waals surface area contributed by atoms with Crippen molar-refractivity contribution in [3.63, 3.8) is 0 Å². The molecule has 114 valence electrons. The van der Waals surface area contributed by atoms with Gasteiger partial charge < -0.3 is 19.9 Å². The number of nitrogens with zero attached hydrogens (tertiary/aromatic N) is 2. The van der Waals surface area contributed by atoms with E-state index in [1.54, 1.807) is 26.2 Å². The van der Waals surface area contributed by atoms with Gasteiger partial charge in [0.05, 0.1) is 12.6 Å². The number of halogens is 1. The summed E-state index contributed by atoms with van der Waals surface area (Å²) in [5.74, 6) is -0.536. The van der Waals surface area contributed by atoms with E-state index in [0.29, 0.717) is 18.8 Å². The molecule has 21 heavy (non-hydrogen) atoms. The summed E-state index contributed by atoms with van der Waals surface area (Å²) in [5.41, 5.74) is 0.619. The van der Waals surface area contributed by atoms with Crippen LogP contribution in [0.4, 0.5) is 14.9 Å². The van der Waals surface area contributed by atoms with Crippen LogP contribution in [0.15, 0.2) is 24.3 Å². The molecule has 1 aliphatic heterocycles. The topological polar surface area (TPSA) is 61.9 Å². The molecule has 0 aliphatic carbocycles. The van der Waals surface area contributed by atoms with Crippen molar-refractivity contribution in [2.75, 3.05) is 38.7 Å². The second-order valence-electron chi connectivity index (χ2n) is 4.99. The van der Waals surface area contributed by atoms with E-state index >= 15 is 0 Å². The number of nitrogens with one attached hydrogen (secondary N) is 1. The van der Waals surface area contributed by atoms with Crippen molar-refractivity contribution < 1.29 is 18.7 Å². The maximum Gasteiger partial charge on any atom is 0.316 e. The molecule has 0 radical (unpaired) electrons. The van der Waals surface area contributed by atoms with E-state index in [1.807, 2.05) is 0 Å². The van der Waals surface area contributed by atoms with Gasteiger partial charge in [-0.2, -0.15) is 0 Å². The number of carbonyl (C=O) groups is 2. The number of ether oxygens (including phenoxy) is 1. The third-order valence-corrected chi connectivity index (χ3v) is 3.16. The van der Waals surface area contributed by atoms with Crippen LogP contribution in [-0.2, 0) is 9.53 Å². The highest BCUT2D eigenvalue weighted by Gasteiger charge is 2.27. The van der Waals surface area contributed by atoms with Gasteiger partial charge in [0.2, 0.25) is 0 Å². The van der Waals surface area contributed by atoms with Crippen LogP contribution in [0.5, 0.6) is 0 Å². The minimum atomic E-state index is -0.353. The smallest absolute Gasteiger partial charge is 0.316 e. The summed E-state index contributed by atoms with van der Waals surface area (Å²) in [5, 5.41) is 2.71. The van der Waals surface area contributed by atoms with E-state index in [2.05, 4.69) is 5.32 Å². The first kappa shape index (κ1) is 15.2. The fourth-order valence-corrected chi connectivity index (χ4v) is 1.98. The minimum absolute atomic E-state index is 0.0557. The molecule has 1 saturated heterocycles. The highest BCUT2D eigenvalue weighted by Crippen LogP contribution is 2.18. The first-order chi connectivity index (χ1) is 9.97. The molecule has 1 aliphatic rings. The predicted octanol–water partition coefficient (Wildman–Crippen LogP) is 0.829. The summed E-state index contributed by atoms with van der Waals surface area (Å²) in [7, 11) is 3.29. The van der Waals surface area contributed by atoms with Gasteiger partial charge in [-0.3, -0.25) is 4.79 Å². The summed E-state index contributed by atoms with van der Waals surface area (Å²) in [6.45, 7) is 0.569. The highest BCUT2D eigenvalue weighted by molar-refractivity contribution is 5.95. The fraction of sp³-hybridized carbons (Fsp3) is 0.429. The van der Waals surface area contributed by atoms with Gasteiger partial charge in [-0.1, -0.05) is 0 Å². The first-order valence-electron chi connectivity index (χ1n) is 6.60. The first-order valence-corrected chi connectivity index (χ1v) is 6.60. The normalized spacial score (nSPS) is 18.5. The van der Waals surface area contributed by atoms with Crippen LogP contribution >= 0.6 is 0 Å². The molecular weight excluding hydrogens is 277 g/mol. The zero-order valence-corrected chi connectivity index (χ0v) is 12.0. The lowest BCUT2D eigenvalue weighted by molar-refractivity contribution is -0.129. The Morgan fingerprint density at radius 2 is 2.10 bits per heavy atom. The maximum absolute atomic E-state index is 12.9. The van der Waals surface area contributed by atoms with Crippen molar-refractivity contribution in [2.24, 2.45) is 0 Å². The molecule has 1 N–H and O–H groups in total. The minimum Gasteiger partial charge on any atom is -0.365 e. The molecule has 7 heteroatoms. The number of rotatable bonds is 3. The molecule has 0 aromatic heterocycles. The van der Waals surface area contributed by atoms with E-state index in [1.165, 1.54) is 21.9 Å². The Hall–Kier alpha value is -2.15. The zero-order valence-electron chi connectivity index (χ0n) is 12.0. The number of anilines is 1. The van der Waals surface area contributed by atoms with Gasteiger partial charge in [-0.25, -0.2) is 9.18 Å². The van der Waals surface area contributed by atoms with Crippen molar-refractivity contribution >= 4 is 17.6 Å². The highest BCUT2D eigenvalue weighted by atomic mass is 19.1. The largest absolute Gasteiger partial charge is 0.365 e. The summed E-state index contributed by atoms with van der Waals surface area (Å²) in [6, 6.07) is 5.49. The van der Waals surface area contributed by atoms with Gasteiger partial charge in [0.1, 0.15) is 12.4 Å². The van der Waals surface area contributed by atoms with E-state index in [-0.39, 0.29) is 30.5 Å². The molecule has 3 amide bonds. The number of amides is 3. The van der Waals surface area contributed by atoms with Crippen molar-refractivity contribution in [1.82, 2.24) is 10.2 Å². The maximum atomic E-state index is 12.9. The van der Waals surface area contributed by atoms with Crippen molar-refractivity contribution in [2.45, 2.75) is 6.10 Å². The Labute approximate surface area is 122 Å². The number of morpholine rings is 1. The van der Waals surface area contributed by atoms with Crippen LogP contribution in [0.2, 0.25) is 0 Å². The van der Waals surface area contributed by atoms with Crippen LogP contribution in [0.3, 0.4) is 0 Å². The Bertz CT molecular complexity index is 519. The molecule has 1 unspecified atom stereocenters. The lowest BCUT2D eigenvalue weighted by Crippen LogP contribution is -2.51. The van der Waals surface area contributed by atoms with Gasteiger partial charge in [-0.05, 0) is 24.3 Å². The average Bonchev–Trinajstić information content (AvgIpc) is 2.47. The molecule has 0 saturated carbocycles. The van der Waals surface area contributed by atoms with E-state index in [9.17, 15) is 14.0 Å². The second kappa shape index (κ2) is 6.53. The van der Waals surface area contributed by atoms with Gasteiger partial charge in [-0.15, -0.1) is 0 Å². The second-order valence-corrected chi connectivity index (χ2v) is 4.99. The molecule has 1 aromatic rings. The Morgan fingerprint density at radius 3 is 2.71 bits per heavy atom. The third kappa shape index (κ3) is 3.91. The number of hydrogen-bond donors (Lipinski definition) is 1. The molecule has 1 atom stereocenters. The molecule has 0 spiro atoms. The average molecular weight is 295 g/mol. The number of carbonyl (C=O) groups excluding carboxylic acids is 2. The lowest BCUT2D eigenvalue weighted by atomic mass is 10.2. The summed E-state index contributed by atoms with van der Waals surface area (Å²) < 4.78 is 18.3. The van der Waals surface area contributed by atoms with Gasteiger partial charge >= 0.3 is 6.03 Å². The van der Waals surface area contributed by atoms with E-state index in [0.717, 1.165) is 0 Å². The molecule has 1 aromatic carbocycles. The summed E-state index contributed by atoms with van der Waals surface area (Å²) in [6.07, 6.45) is -0.295. The van der Waals surface area contributed by atoms with Gasteiger partial charge in [0.25, 0.3) is 5.91 Å². The molecule has 2 rings (SSSR count). The van der Waals surface area contributed by atoms with Crippen LogP contribution in [0.25, 0.3) is 0 Å². The Morgan fingerprint density at radius 1 is 1.43 bits per heavy atom. The van der Waals surface area contributed by atoms with Gasteiger partial charge in [0, 0.05) is 26.3 Å². The molecular formula is C14H18FN3O3. The summed E-state index contributed by atoms with van der Waals surface area (Å²) >= 11 is 0. The van der Waals surface area contributed by atoms with Crippen LogP contribution < -0.4 is 10.2 Å². The van der Waals surface area contributed by atoms with Crippen molar-refractivity contribution in [3.8, 4) is 0 Å². The van der Waals surface area contributed by atoms with Crippen LogP contribution in [-0.4, -0.2) is 56.7 Å². The molecule has 6 nitrogen and oxygen atoms in total. The Kier molecular flexibility index (Phi) is 4.74. The molecule has 1 heterocycles. The summed E-state index contributed by atoms with van der Waals surface area (Å²) in [4.78, 5) is 26.3. The number of hydrogen-bond acceptors (Lipinski definition) is 3. The van der Waals surface area contributed by atoms with E-state index in [4.69, 9.17) is 4.74 Å². The molecule has 1 fully saturated rings. The molecule has 0 bridgehead atoms. The zero-order chi connectivity index (χ0) is 15.4. The fourth-order valence-electron chi connectivity index (χ4n) is 1.98. The van der Waals surface area contributed by atoms with Crippen LogP contribution in [0, 0.1) is 5.82 Å². The van der Waals surface area contributed by atoms with Gasteiger partial charge in [0.15, 0.2) is 0 Å². The number of urea groups is 1. The van der Waals surface area contributed by atoms with Crippen LogP contribution in [0.1, 0.15) is 0 Å². The Balaban J connectivity index is 1.97. The van der Waals surface area contributed by atoms with Crippen molar-refractivity contribution in [1.29, 1.82) is 0 Å². The standard InChI is InChI=1S/C14H18FN3O3/c1-17(2)14(20)16-7-12-8-18(13(19)9-21-12)11-5-3-10(15)4-6-11/h3-6,12H,7-9H2,1-2H3,(H,16,20). The van der Waals surface area contributed by atoms with Crippen molar-refractivity contribution in [3.05, 3.63) is 30.1 Å². The number of benzene rings is 1. The predicted molar refractivity (Wildman–Crippen MR) is 75.6 cm³/mol. The van der Waals surface area contributed by atoms with E-state index < -0.39 is 0 Å². The quantitative estimate of drug-likeness (QED) is 0.898.